The molecule has 0 heterocycles. The average Bonchev–Trinajstić information content (AvgIpc) is 2.49. The van der Waals surface area contributed by atoms with Gasteiger partial charge >= 0.3 is 5.97 Å². The maximum Gasteiger partial charge on any atom is 0.326 e. The molecule has 7 nitrogen and oxygen atoms in total. The molecule has 0 aliphatic rings. The Morgan fingerprint density at radius 3 is 2.55 bits per heavy atom. The summed E-state index contributed by atoms with van der Waals surface area (Å²) in [5.41, 5.74) is 0.571. The molecular formula is C14H16N2O5S. The lowest BCUT2D eigenvalue weighted by atomic mass is 10.2. The second-order valence-corrected chi connectivity index (χ2v) is 5.35. The summed E-state index contributed by atoms with van der Waals surface area (Å²) in [7, 11) is 0. The van der Waals surface area contributed by atoms with Crippen molar-refractivity contribution in [3.63, 3.8) is 0 Å². The third kappa shape index (κ3) is 5.96. The van der Waals surface area contributed by atoms with Gasteiger partial charge < -0.3 is 10.4 Å². The van der Waals surface area contributed by atoms with Gasteiger partial charge in [0.15, 0.2) is 0 Å². The van der Waals surface area contributed by atoms with E-state index in [1.807, 2.05) is 6.26 Å². The standard InChI is InChI=1S/C14H16N2O5S/c1-22-9-8-12(14(18)19)15-13(17)7-4-10-2-5-11(6-3-10)16(20)21/h2-7,12H,8-9H2,1H3,(H,15,17)(H,18,19)/b7-4+. The van der Waals surface area contributed by atoms with Crippen molar-refractivity contribution >= 4 is 35.4 Å². The molecule has 0 fully saturated rings. The first-order chi connectivity index (χ1) is 10.4. The Hall–Kier alpha value is -2.35. The number of carbonyl (C=O) groups excluding carboxylic acids is 1. The quantitative estimate of drug-likeness (QED) is 0.429. The van der Waals surface area contributed by atoms with Crippen molar-refractivity contribution in [1.29, 1.82) is 0 Å². The first kappa shape index (κ1) is 17.7. The summed E-state index contributed by atoms with van der Waals surface area (Å²) < 4.78 is 0. The summed E-state index contributed by atoms with van der Waals surface area (Å²) >= 11 is 1.50. The number of carboxylic acid groups (broad SMARTS) is 1. The molecule has 0 aromatic heterocycles. The first-order valence-corrected chi connectivity index (χ1v) is 7.78. The molecule has 0 bridgehead atoms. The molecule has 0 saturated carbocycles. The van der Waals surface area contributed by atoms with E-state index in [4.69, 9.17) is 5.11 Å². The van der Waals surface area contributed by atoms with E-state index in [9.17, 15) is 19.7 Å². The van der Waals surface area contributed by atoms with Gasteiger partial charge in [0.1, 0.15) is 6.04 Å². The van der Waals surface area contributed by atoms with Crippen molar-refractivity contribution in [3.05, 3.63) is 46.0 Å². The lowest BCUT2D eigenvalue weighted by Gasteiger charge is -2.12. The van der Waals surface area contributed by atoms with Crippen LogP contribution in [-0.4, -0.2) is 40.0 Å². The Morgan fingerprint density at radius 1 is 1.41 bits per heavy atom. The maximum absolute atomic E-state index is 11.7. The number of carboxylic acids is 1. The van der Waals surface area contributed by atoms with Crippen molar-refractivity contribution < 1.29 is 19.6 Å². The van der Waals surface area contributed by atoms with Gasteiger partial charge in [-0.3, -0.25) is 14.9 Å². The number of hydrogen-bond donors (Lipinski definition) is 2. The van der Waals surface area contributed by atoms with E-state index >= 15 is 0 Å². The Kier molecular flexibility index (Phi) is 7.11. The smallest absolute Gasteiger partial charge is 0.326 e. The number of benzene rings is 1. The third-order valence-corrected chi connectivity index (χ3v) is 3.40. The number of nitro groups is 1. The Morgan fingerprint density at radius 2 is 2.05 bits per heavy atom. The monoisotopic (exact) mass is 324 g/mol. The summed E-state index contributed by atoms with van der Waals surface area (Å²) in [6.45, 7) is 0. The predicted octanol–water partition coefficient (Wildman–Crippen LogP) is 1.93. The summed E-state index contributed by atoms with van der Waals surface area (Å²) in [6.07, 6.45) is 4.87. The Bertz CT molecular complexity index is 571. The van der Waals surface area contributed by atoms with Gasteiger partial charge in [0, 0.05) is 18.2 Å². The molecule has 1 aromatic rings. The summed E-state index contributed by atoms with van der Waals surface area (Å²) in [5, 5.41) is 21.9. The van der Waals surface area contributed by atoms with Crippen LogP contribution in [0.3, 0.4) is 0 Å². The van der Waals surface area contributed by atoms with E-state index in [0.717, 1.165) is 0 Å². The summed E-state index contributed by atoms with van der Waals surface area (Å²) in [5.74, 6) is -0.971. The molecule has 1 atom stereocenters. The van der Waals surface area contributed by atoms with Crippen LogP contribution in [0.4, 0.5) is 5.69 Å². The lowest BCUT2D eigenvalue weighted by Crippen LogP contribution is -2.40. The van der Waals surface area contributed by atoms with E-state index in [1.165, 1.54) is 48.2 Å². The number of thioether (sulfide) groups is 1. The van der Waals surface area contributed by atoms with Crippen LogP contribution in [0.1, 0.15) is 12.0 Å². The highest BCUT2D eigenvalue weighted by molar-refractivity contribution is 7.98. The minimum Gasteiger partial charge on any atom is -0.480 e. The molecule has 0 aliphatic heterocycles. The molecule has 2 N–H and O–H groups in total. The number of carbonyl (C=O) groups is 2. The molecule has 0 aliphatic carbocycles. The SMILES string of the molecule is CSCCC(NC(=O)/C=C/c1ccc([N+](=O)[O-])cc1)C(=O)O. The summed E-state index contributed by atoms with van der Waals surface area (Å²) in [4.78, 5) is 32.7. The number of nitrogens with zero attached hydrogens (tertiary/aromatic N) is 1. The predicted molar refractivity (Wildman–Crippen MR) is 84.7 cm³/mol. The maximum atomic E-state index is 11.7. The van der Waals surface area contributed by atoms with Gasteiger partial charge in [0.05, 0.1) is 4.92 Å². The van der Waals surface area contributed by atoms with Gasteiger partial charge in [-0.05, 0) is 42.2 Å². The number of rotatable bonds is 8. The molecular weight excluding hydrogens is 308 g/mol. The van der Waals surface area contributed by atoms with Gasteiger partial charge in [-0.1, -0.05) is 0 Å². The van der Waals surface area contributed by atoms with Crippen molar-refractivity contribution in [2.45, 2.75) is 12.5 Å². The molecule has 8 heteroatoms. The van der Waals surface area contributed by atoms with Gasteiger partial charge in [-0.2, -0.15) is 11.8 Å². The van der Waals surface area contributed by atoms with Crippen LogP contribution in [0.15, 0.2) is 30.3 Å². The molecule has 118 valence electrons. The lowest BCUT2D eigenvalue weighted by molar-refractivity contribution is -0.384. The van der Waals surface area contributed by atoms with E-state index in [1.54, 1.807) is 0 Å². The molecule has 1 unspecified atom stereocenters. The van der Waals surface area contributed by atoms with Crippen LogP contribution in [0, 0.1) is 10.1 Å². The molecule has 1 amide bonds. The van der Waals surface area contributed by atoms with Crippen molar-refractivity contribution in [3.8, 4) is 0 Å². The van der Waals surface area contributed by atoms with E-state index in [2.05, 4.69) is 5.32 Å². The molecule has 0 radical (unpaired) electrons. The zero-order chi connectivity index (χ0) is 16.5. The number of aliphatic carboxylic acids is 1. The van der Waals surface area contributed by atoms with Gasteiger partial charge in [0.2, 0.25) is 5.91 Å². The number of amides is 1. The fourth-order valence-corrected chi connectivity index (χ4v) is 2.06. The van der Waals surface area contributed by atoms with Crippen LogP contribution >= 0.6 is 11.8 Å². The fraction of sp³-hybridized carbons (Fsp3) is 0.286. The van der Waals surface area contributed by atoms with Crippen LogP contribution < -0.4 is 5.32 Å². The minimum absolute atomic E-state index is 0.0374. The van der Waals surface area contributed by atoms with Gasteiger partial charge in [-0.25, -0.2) is 4.79 Å². The second kappa shape index (κ2) is 8.83. The number of hydrogen-bond acceptors (Lipinski definition) is 5. The largest absolute Gasteiger partial charge is 0.480 e. The number of nitro benzene ring substituents is 1. The van der Waals surface area contributed by atoms with E-state index in [0.29, 0.717) is 17.7 Å². The highest BCUT2D eigenvalue weighted by atomic mass is 32.2. The number of nitrogens with one attached hydrogen (secondary N) is 1. The van der Waals surface area contributed by atoms with Crippen molar-refractivity contribution in [2.75, 3.05) is 12.0 Å². The number of non-ortho nitro benzene ring substituents is 1. The highest BCUT2D eigenvalue weighted by Crippen LogP contribution is 2.12. The molecule has 0 saturated heterocycles. The van der Waals surface area contributed by atoms with Crippen molar-refractivity contribution in [1.82, 2.24) is 5.32 Å². The molecule has 0 spiro atoms. The molecule has 1 rings (SSSR count). The first-order valence-electron chi connectivity index (χ1n) is 6.39. The Labute approximate surface area is 131 Å². The molecule has 22 heavy (non-hydrogen) atoms. The van der Waals surface area contributed by atoms with Crippen LogP contribution in [0.25, 0.3) is 6.08 Å². The van der Waals surface area contributed by atoms with Gasteiger partial charge in [0.25, 0.3) is 5.69 Å². The van der Waals surface area contributed by atoms with Gasteiger partial charge in [-0.15, -0.1) is 0 Å². The minimum atomic E-state index is -1.08. The van der Waals surface area contributed by atoms with Crippen molar-refractivity contribution in [2.24, 2.45) is 0 Å². The average molecular weight is 324 g/mol. The van der Waals surface area contributed by atoms with Crippen LogP contribution in [0.5, 0.6) is 0 Å². The zero-order valence-electron chi connectivity index (χ0n) is 11.9. The highest BCUT2D eigenvalue weighted by Gasteiger charge is 2.17. The Balaban J connectivity index is 2.62. The fourth-order valence-electron chi connectivity index (χ4n) is 1.59. The second-order valence-electron chi connectivity index (χ2n) is 4.36. The zero-order valence-corrected chi connectivity index (χ0v) is 12.7. The van der Waals surface area contributed by atoms with E-state index in [-0.39, 0.29) is 5.69 Å². The van der Waals surface area contributed by atoms with Crippen LogP contribution in [-0.2, 0) is 9.59 Å². The normalized spacial score (nSPS) is 12.0. The molecule has 1 aromatic carbocycles. The topological polar surface area (TPSA) is 110 Å². The van der Waals surface area contributed by atoms with Crippen LogP contribution in [0.2, 0.25) is 0 Å². The van der Waals surface area contributed by atoms with E-state index < -0.39 is 22.8 Å². The summed E-state index contributed by atoms with van der Waals surface area (Å²) in [6, 6.07) is 4.74. The third-order valence-electron chi connectivity index (χ3n) is 2.76.